The lowest BCUT2D eigenvalue weighted by Crippen LogP contribution is -2.38. The summed E-state index contributed by atoms with van der Waals surface area (Å²) in [6, 6.07) is 12.0. The number of carbonyl (C=O) groups is 1. The molecule has 0 bridgehead atoms. The van der Waals surface area contributed by atoms with Crippen LogP contribution in [0.15, 0.2) is 49.1 Å². The summed E-state index contributed by atoms with van der Waals surface area (Å²) in [5.41, 5.74) is 4.55. The zero-order valence-corrected chi connectivity index (χ0v) is 15.5. The Hall–Kier alpha value is -2.75. The second-order valence-electron chi connectivity index (χ2n) is 6.55. The van der Waals surface area contributed by atoms with E-state index < -0.39 is 0 Å². The quantitative estimate of drug-likeness (QED) is 0.736. The van der Waals surface area contributed by atoms with Crippen LogP contribution in [-0.4, -0.2) is 26.2 Å². The van der Waals surface area contributed by atoms with Crippen molar-refractivity contribution in [3.05, 3.63) is 65.7 Å². The minimum absolute atomic E-state index is 0.00944. The van der Waals surface area contributed by atoms with E-state index in [0.29, 0.717) is 11.5 Å². The highest BCUT2D eigenvalue weighted by molar-refractivity contribution is 5.95. The van der Waals surface area contributed by atoms with E-state index >= 15 is 0 Å². The number of hydrogen-bond donors (Lipinski definition) is 0. The monoisotopic (exact) mass is 351 g/mol. The Morgan fingerprint density at radius 1 is 1.23 bits per heavy atom. The van der Waals surface area contributed by atoms with E-state index in [2.05, 4.69) is 19.6 Å². The number of allylic oxidation sites excluding steroid dienone is 1. The number of hydrogen-bond acceptors (Lipinski definition) is 3. The molecule has 0 saturated carbocycles. The second-order valence-corrected chi connectivity index (χ2v) is 6.55. The molecule has 0 aliphatic carbocycles. The minimum Gasteiger partial charge on any atom is -0.493 e. The Morgan fingerprint density at radius 3 is 2.85 bits per heavy atom. The van der Waals surface area contributed by atoms with E-state index in [0.717, 1.165) is 37.1 Å². The molecule has 0 saturated heterocycles. The molecule has 1 aliphatic rings. The van der Waals surface area contributed by atoms with E-state index in [4.69, 9.17) is 9.47 Å². The first-order valence-electron chi connectivity index (χ1n) is 8.93. The molecule has 0 aromatic heterocycles. The Balaban J connectivity index is 1.71. The van der Waals surface area contributed by atoms with Crippen molar-refractivity contribution in [1.82, 2.24) is 0 Å². The minimum atomic E-state index is -0.0352. The number of benzene rings is 2. The van der Waals surface area contributed by atoms with Crippen molar-refractivity contribution < 1.29 is 14.3 Å². The number of methoxy groups -OCH3 is 1. The van der Waals surface area contributed by atoms with E-state index in [1.165, 1.54) is 11.1 Å². The maximum Gasteiger partial charge on any atom is 0.264 e. The largest absolute Gasteiger partial charge is 0.493 e. The molecule has 136 valence electrons. The normalized spacial score (nSPS) is 13.1. The molecule has 0 fully saturated rings. The van der Waals surface area contributed by atoms with Crippen molar-refractivity contribution in [2.24, 2.45) is 0 Å². The number of amides is 1. The highest BCUT2D eigenvalue weighted by atomic mass is 16.5. The number of anilines is 1. The summed E-state index contributed by atoms with van der Waals surface area (Å²) in [4.78, 5) is 14.6. The third-order valence-corrected chi connectivity index (χ3v) is 4.61. The van der Waals surface area contributed by atoms with Gasteiger partial charge in [-0.3, -0.25) is 4.79 Å². The topological polar surface area (TPSA) is 38.8 Å². The van der Waals surface area contributed by atoms with E-state index in [1.54, 1.807) is 7.11 Å². The summed E-state index contributed by atoms with van der Waals surface area (Å²) in [5.74, 6) is 1.17. The van der Waals surface area contributed by atoms with Gasteiger partial charge in [0, 0.05) is 12.2 Å². The zero-order valence-electron chi connectivity index (χ0n) is 15.5. The van der Waals surface area contributed by atoms with E-state index in [1.807, 2.05) is 41.3 Å². The summed E-state index contributed by atoms with van der Waals surface area (Å²) in [6.07, 6.45) is 4.59. The van der Waals surface area contributed by atoms with Crippen LogP contribution in [0.25, 0.3) is 0 Å². The van der Waals surface area contributed by atoms with Crippen LogP contribution in [0.5, 0.6) is 11.5 Å². The summed E-state index contributed by atoms with van der Waals surface area (Å²) in [7, 11) is 1.60. The fourth-order valence-electron chi connectivity index (χ4n) is 3.33. The Morgan fingerprint density at radius 2 is 2.08 bits per heavy atom. The Kier molecular flexibility index (Phi) is 5.61. The molecule has 1 heterocycles. The van der Waals surface area contributed by atoms with Gasteiger partial charge in [0.2, 0.25) is 0 Å². The first kappa shape index (κ1) is 18.1. The van der Waals surface area contributed by atoms with Crippen molar-refractivity contribution in [1.29, 1.82) is 0 Å². The number of fused-ring (bicyclic) bond motifs is 1. The molecule has 1 aliphatic heterocycles. The molecule has 2 aromatic carbocycles. The van der Waals surface area contributed by atoms with Crippen molar-refractivity contribution in [3.63, 3.8) is 0 Å². The first-order chi connectivity index (χ1) is 12.6. The summed E-state index contributed by atoms with van der Waals surface area (Å²) in [5, 5.41) is 0. The maximum absolute atomic E-state index is 12.7. The number of ether oxygens (including phenoxy) is 2. The van der Waals surface area contributed by atoms with Gasteiger partial charge in [-0.15, -0.1) is 6.58 Å². The standard InChI is InChI=1S/C22H25NO3/c1-4-6-17-9-11-20(21(14-17)25-3)26-15-22(24)23-12-5-7-18-13-16(2)8-10-19(18)23/h4,8-11,13-14H,1,5-7,12,15H2,2-3H3. The van der Waals surface area contributed by atoms with Crippen LogP contribution in [-0.2, 0) is 17.6 Å². The van der Waals surface area contributed by atoms with E-state index in [-0.39, 0.29) is 12.5 Å². The van der Waals surface area contributed by atoms with E-state index in [9.17, 15) is 4.79 Å². The predicted octanol–water partition coefficient (Wildman–Crippen LogP) is 4.09. The van der Waals surface area contributed by atoms with Crippen LogP contribution >= 0.6 is 0 Å². The van der Waals surface area contributed by atoms with Gasteiger partial charge in [-0.05, 0) is 55.5 Å². The van der Waals surface area contributed by atoms with Crippen LogP contribution in [0.1, 0.15) is 23.1 Å². The smallest absolute Gasteiger partial charge is 0.264 e. The van der Waals surface area contributed by atoms with Gasteiger partial charge in [0.15, 0.2) is 18.1 Å². The summed E-state index contributed by atoms with van der Waals surface area (Å²) in [6.45, 7) is 6.54. The molecule has 26 heavy (non-hydrogen) atoms. The second kappa shape index (κ2) is 8.09. The molecular weight excluding hydrogens is 326 g/mol. The van der Waals surface area contributed by atoms with Gasteiger partial charge in [-0.2, -0.15) is 0 Å². The lowest BCUT2D eigenvalue weighted by molar-refractivity contribution is -0.120. The highest BCUT2D eigenvalue weighted by Gasteiger charge is 2.23. The summed E-state index contributed by atoms with van der Waals surface area (Å²) < 4.78 is 11.2. The number of carbonyl (C=O) groups excluding carboxylic acids is 1. The van der Waals surface area contributed by atoms with Crippen LogP contribution in [0.4, 0.5) is 5.69 Å². The van der Waals surface area contributed by atoms with Crippen molar-refractivity contribution in [3.8, 4) is 11.5 Å². The SMILES string of the molecule is C=CCc1ccc(OCC(=O)N2CCCc3cc(C)ccc32)c(OC)c1. The molecule has 0 atom stereocenters. The predicted molar refractivity (Wildman–Crippen MR) is 104 cm³/mol. The zero-order chi connectivity index (χ0) is 18.5. The number of aryl methyl sites for hydroxylation is 2. The summed E-state index contributed by atoms with van der Waals surface area (Å²) >= 11 is 0. The van der Waals surface area contributed by atoms with Gasteiger partial charge in [-0.25, -0.2) is 0 Å². The lowest BCUT2D eigenvalue weighted by atomic mass is 9.99. The molecule has 4 nitrogen and oxygen atoms in total. The Bertz CT molecular complexity index is 813. The average Bonchev–Trinajstić information content (AvgIpc) is 2.66. The molecule has 2 aromatic rings. The van der Waals surface area contributed by atoms with Gasteiger partial charge in [0.25, 0.3) is 5.91 Å². The fourth-order valence-corrected chi connectivity index (χ4v) is 3.33. The molecule has 0 radical (unpaired) electrons. The average molecular weight is 351 g/mol. The molecular formula is C22H25NO3. The first-order valence-corrected chi connectivity index (χ1v) is 8.93. The van der Waals surface area contributed by atoms with Crippen LogP contribution in [0, 0.1) is 6.92 Å². The lowest BCUT2D eigenvalue weighted by Gasteiger charge is -2.29. The fraction of sp³-hybridized carbons (Fsp3) is 0.318. The Labute approximate surface area is 155 Å². The van der Waals surface area contributed by atoms with Crippen molar-refractivity contribution in [2.75, 3.05) is 25.2 Å². The van der Waals surface area contributed by atoms with Gasteiger partial charge in [0.1, 0.15) is 0 Å². The van der Waals surface area contributed by atoms with Crippen LogP contribution < -0.4 is 14.4 Å². The van der Waals surface area contributed by atoms with Crippen LogP contribution in [0.3, 0.4) is 0 Å². The number of rotatable bonds is 6. The number of nitrogens with zero attached hydrogens (tertiary/aromatic N) is 1. The van der Waals surface area contributed by atoms with Gasteiger partial charge in [0.05, 0.1) is 7.11 Å². The van der Waals surface area contributed by atoms with Crippen molar-refractivity contribution in [2.45, 2.75) is 26.2 Å². The molecule has 3 rings (SSSR count). The van der Waals surface area contributed by atoms with Gasteiger partial charge < -0.3 is 14.4 Å². The molecule has 0 spiro atoms. The molecule has 0 unspecified atom stereocenters. The molecule has 1 amide bonds. The molecule has 4 heteroatoms. The van der Waals surface area contributed by atoms with Crippen LogP contribution in [0.2, 0.25) is 0 Å². The van der Waals surface area contributed by atoms with Gasteiger partial charge >= 0.3 is 0 Å². The third kappa shape index (κ3) is 3.90. The highest BCUT2D eigenvalue weighted by Crippen LogP contribution is 2.30. The van der Waals surface area contributed by atoms with Crippen molar-refractivity contribution >= 4 is 11.6 Å². The molecule has 0 N–H and O–H groups in total. The third-order valence-electron chi connectivity index (χ3n) is 4.61. The maximum atomic E-state index is 12.7. The van der Waals surface area contributed by atoms with Gasteiger partial charge in [-0.1, -0.05) is 29.8 Å².